The zero-order chi connectivity index (χ0) is 15.1. The summed E-state index contributed by atoms with van der Waals surface area (Å²) in [5.41, 5.74) is 1.12. The first-order valence-corrected chi connectivity index (χ1v) is 6.29. The van der Waals surface area contributed by atoms with Crippen LogP contribution in [0.3, 0.4) is 0 Å². The van der Waals surface area contributed by atoms with Crippen LogP contribution in [-0.4, -0.2) is 39.3 Å². The molecule has 1 fully saturated rings. The van der Waals surface area contributed by atoms with E-state index < -0.39 is 12.0 Å². The molecule has 1 aromatic heterocycles. The normalized spacial score (nSPS) is 15.4. The lowest BCUT2D eigenvalue weighted by atomic mass is 10.1. The van der Waals surface area contributed by atoms with Crippen LogP contribution >= 0.6 is 0 Å². The number of aromatic carboxylic acids is 1. The zero-order valence-corrected chi connectivity index (χ0v) is 11.2. The van der Waals surface area contributed by atoms with E-state index in [1.54, 1.807) is 25.2 Å². The second-order valence-corrected chi connectivity index (χ2v) is 4.73. The second-order valence-electron chi connectivity index (χ2n) is 4.73. The van der Waals surface area contributed by atoms with Crippen molar-refractivity contribution >= 4 is 34.5 Å². The van der Waals surface area contributed by atoms with Gasteiger partial charge in [-0.2, -0.15) is 5.10 Å². The van der Waals surface area contributed by atoms with Crippen molar-refractivity contribution in [2.75, 3.05) is 11.4 Å². The number of anilines is 1. The van der Waals surface area contributed by atoms with Gasteiger partial charge in [-0.3, -0.25) is 19.7 Å². The highest BCUT2D eigenvalue weighted by Crippen LogP contribution is 2.25. The molecule has 0 spiro atoms. The number of aryl methyl sites for hydroxylation is 1. The Bertz CT molecular complexity index is 780. The standard InChI is InChI=1S/C13H12N4O4/c1-16-11(12(19)20)8-6-7(2-3-9(8)15-16)17-5-4-10(18)14-13(17)21/h2-3,6H,4-5H2,1H3,(H,19,20)(H,14,18,21). The minimum Gasteiger partial charge on any atom is -0.477 e. The van der Waals surface area contributed by atoms with E-state index in [1.807, 2.05) is 0 Å². The van der Waals surface area contributed by atoms with Crippen LogP contribution in [0.2, 0.25) is 0 Å². The molecule has 0 aliphatic carbocycles. The quantitative estimate of drug-likeness (QED) is 0.847. The molecule has 8 heteroatoms. The number of carbonyl (C=O) groups excluding carboxylic acids is 2. The van der Waals surface area contributed by atoms with E-state index in [2.05, 4.69) is 10.4 Å². The number of benzene rings is 1. The maximum Gasteiger partial charge on any atom is 0.354 e. The highest BCUT2D eigenvalue weighted by atomic mass is 16.4. The van der Waals surface area contributed by atoms with Crippen molar-refractivity contribution in [3.8, 4) is 0 Å². The number of nitrogens with one attached hydrogen (secondary N) is 1. The highest BCUT2D eigenvalue weighted by Gasteiger charge is 2.25. The fourth-order valence-electron chi connectivity index (χ4n) is 2.42. The molecular weight excluding hydrogens is 276 g/mol. The predicted molar refractivity (Wildman–Crippen MR) is 73.2 cm³/mol. The first kappa shape index (κ1) is 13.1. The third kappa shape index (κ3) is 2.10. The summed E-state index contributed by atoms with van der Waals surface area (Å²) in [7, 11) is 1.55. The first-order valence-electron chi connectivity index (χ1n) is 6.29. The van der Waals surface area contributed by atoms with Crippen molar-refractivity contribution in [2.45, 2.75) is 6.42 Å². The van der Waals surface area contributed by atoms with Gasteiger partial charge < -0.3 is 5.11 Å². The molecule has 0 atom stereocenters. The van der Waals surface area contributed by atoms with Gasteiger partial charge in [0, 0.05) is 31.1 Å². The average molecular weight is 288 g/mol. The Morgan fingerprint density at radius 2 is 2.14 bits per heavy atom. The van der Waals surface area contributed by atoms with Crippen molar-refractivity contribution in [1.29, 1.82) is 0 Å². The van der Waals surface area contributed by atoms with Crippen molar-refractivity contribution in [3.63, 3.8) is 0 Å². The Hall–Kier alpha value is -2.90. The number of rotatable bonds is 2. The highest BCUT2D eigenvalue weighted by molar-refractivity contribution is 6.07. The van der Waals surface area contributed by atoms with Crippen molar-refractivity contribution in [2.24, 2.45) is 7.05 Å². The molecule has 1 aromatic carbocycles. The van der Waals surface area contributed by atoms with Gasteiger partial charge >= 0.3 is 12.0 Å². The molecule has 1 aliphatic rings. The van der Waals surface area contributed by atoms with Gasteiger partial charge in [-0.05, 0) is 18.2 Å². The number of aromatic nitrogens is 2. The Morgan fingerprint density at radius 3 is 2.81 bits per heavy atom. The van der Waals surface area contributed by atoms with Crippen LogP contribution in [0.1, 0.15) is 16.9 Å². The average Bonchev–Trinajstić information content (AvgIpc) is 2.73. The summed E-state index contributed by atoms with van der Waals surface area (Å²) in [6.07, 6.45) is 0.211. The molecular formula is C13H12N4O4. The summed E-state index contributed by atoms with van der Waals surface area (Å²) in [5.74, 6) is -1.40. The van der Waals surface area contributed by atoms with Crippen molar-refractivity contribution in [3.05, 3.63) is 23.9 Å². The molecule has 108 valence electrons. The largest absolute Gasteiger partial charge is 0.477 e. The molecule has 2 N–H and O–H groups in total. The molecule has 21 heavy (non-hydrogen) atoms. The lowest BCUT2D eigenvalue weighted by molar-refractivity contribution is -0.120. The Labute approximate surface area is 118 Å². The Morgan fingerprint density at radius 1 is 1.38 bits per heavy atom. The number of nitrogens with zero attached hydrogens (tertiary/aromatic N) is 3. The number of carboxylic acids is 1. The van der Waals surface area contributed by atoms with Gasteiger partial charge in [0.2, 0.25) is 5.91 Å². The van der Waals surface area contributed by atoms with Crippen LogP contribution in [-0.2, 0) is 11.8 Å². The molecule has 0 unspecified atom stereocenters. The number of fused-ring (bicyclic) bond motifs is 1. The molecule has 1 saturated heterocycles. The topological polar surface area (TPSA) is 105 Å². The molecule has 0 radical (unpaired) electrons. The van der Waals surface area contributed by atoms with Gasteiger partial charge in [0.25, 0.3) is 0 Å². The number of carboxylic acid groups (broad SMARTS) is 1. The van der Waals surface area contributed by atoms with Gasteiger partial charge in [-0.25, -0.2) is 9.59 Å². The van der Waals surface area contributed by atoms with Gasteiger partial charge in [0.05, 0.1) is 5.52 Å². The summed E-state index contributed by atoms with van der Waals surface area (Å²) in [6.45, 7) is 0.263. The predicted octanol–water partition coefficient (Wildman–Crippen LogP) is 0.718. The number of amides is 3. The van der Waals surface area contributed by atoms with Crippen LogP contribution in [0.15, 0.2) is 18.2 Å². The zero-order valence-electron chi connectivity index (χ0n) is 11.2. The summed E-state index contributed by atoms with van der Waals surface area (Å²) in [4.78, 5) is 35.7. The minimum atomic E-state index is -1.09. The lowest BCUT2D eigenvalue weighted by Crippen LogP contribution is -2.49. The number of hydrogen-bond acceptors (Lipinski definition) is 4. The van der Waals surface area contributed by atoms with Gasteiger partial charge in [-0.15, -0.1) is 0 Å². The maximum atomic E-state index is 11.8. The van der Waals surface area contributed by atoms with Gasteiger partial charge in [0.15, 0.2) is 5.69 Å². The van der Waals surface area contributed by atoms with Crippen molar-refractivity contribution in [1.82, 2.24) is 15.1 Å². The van der Waals surface area contributed by atoms with E-state index in [4.69, 9.17) is 0 Å². The molecule has 0 bridgehead atoms. The summed E-state index contributed by atoms with van der Waals surface area (Å²) >= 11 is 0. The molecule has 2 heterocycles. The van der Waals surface area contributed by atoms with Crippen LogP contribution in [0.5, 0.6) is 0 Å². The van der Waals surface area contributed by atoms with Crippen molar-refractivity contribution < 1.29 is 19.5 Å². The molecule has 8 nitrogen and oxygen atoms in total. The van der Waals surface area contributed by atoms with E-state index in [0.717, 1.165) is 0 Å². The molecule has 3 rings (SSSR count). The summed E-state index contributed by atoms with van der Waals surface area (Å²) in [5, 5.41) is 16.0. The van der Waals surface area contributed by atoms with E-state index in [1.165, 1.54) is 9.58 Å². The Balaban J connectivity index is 2.08. The molecule has 0 saturated carbocycles. The number of imide groups is 1. The third-order valence-electron chi connectivity index (χ3n) is 3.38. The van der Waals surface area contributed by atoms with Gasteiger partial charge in [0.1, 0.15) is 0 Å². The van der Waals surface area contributed by atoms with Crippen LogP contribution in [0, 0.1) is 0 Å². The molecule has 1 aliphatic heterocycles. The monoisotopic (exact) mass is 288 g/mol. The van der Waals surface area contributed by atoms with Crippen LogP contribution in [0.4, 0.5) is 10.5 Å². The third-order valence-corrected chi connectivity index (χ3v) is 3.38. The van der Waals surface area contributed by atoms with E-state index in [-0.39, 0.29) is 24.6 Å². The number of hydrogen-bond donors (Lipinski definition) is 2. The fraction of sp³-hybridized carbons (Fsp3) is 0.231. The van der Waals surface area contributed by atoms with E-state index in [9.17, 15) is 19.5 Å². The second kappa shape index (κ2) is 4.58. The minimum absolute atomic E-state index is 0.0559. The van der Waals surface area contributed by atoms with E-state index >= 15 is 0 Å². The van der Waals surface area contributed by atoms with Gasteiger partial charge in [-0.1, -0.05) is 0 Å². The van der Waals surface area contributed by atoms with Crippen LogP contribution < -0.4 is 10.2 Å². The SMILES string of the molecule is Cn1nc2ccc(N3CCC(=O)NC3=O)cc2c1C(=O)O. The first-order chi connectivity index (χ1) is 9.97. The number of urea groups is 1. The summed E-state index contributed by atoms with van der Waals surface area (Å²) < 4.78 is 1.29. The fourth-order valence-corrected chi connectivity index (χ4v) is 2.42. The van der Waals surface area contributed by atoms with Crippen LogP contribution in [0.25, 0.3) is 10.9 Å². The molecule has 3 amide bonds. The smallest absolute Gasteiger partial charge is 0.354 e. The van der Waals surface area contributed by atoms with E-state index in [0.29, 0.717) is 16.6 Å². The summed E-state index contributed by atoms with van der Waals surface area (Å²) in [6, 6.07) is 4.42. The Kier molecular flexibility index (Phi) is 2.86. The number of carbonyl (C=O) groups is 3. The molecule has 2 aromatic rings. The maximum absolute atomic E-state index is 11.8. The lowest BCUT2D eigenvalue weighted by Gasteiger charge is -2.26.